The van der Waals surface area contributed by atoms with Crippen LogP contribution in [0.25, 0.3) is 15.9 Å². The predicted octanol–water partition coefficient (Wildman–Crippen LogP) is 4.52. The number of hydrogen-bond donors (Lipinski definition) is 1. The first kappa shape index (κ1) is 20.9. The number of carbonyl (C=O) groups excluding carboxylic acids is 1. The van der Waals surface area contributed by atoms with Crippen LogP contribution in [0.15, 0.2) is 48.5 Å². The van der Waals surface area contributed by atoms with Gasteiger partial charge in [-0.3, -0.25) is 4.79 Å². The van der Waals surface area contributed by atoms with Crippen molar-refractivity contribution in [3.05, 3.63) is 70.5 Å². The average molecular weight is 440 g/mol. The van der Waals surface area contributed by atoms with Crippen LogP contribution < -0.4 is 14.8 Å². The fourth-order valence-electron chi connectivity index (χ4n) is 3.36. The first-order valence-electron chi connectivity index (χ1n) is 9.74. The number of nitrogens with zero attached hydrogens (tertiary/aromatic N) is 2. The number of aryl methyl sites for hydroxylation is 1. The van der Waals surface area contributed by atoms with E-state index in [0.717, 1.165) is 27.2 Å². The zero-order valence-corrected chi connectivity index (χ0v) is 18.3. The van der Waals surface area contributed by atoms with E-state index in [1.807, 2.05) is 31.2 Å². The van der Waals surface area contributed by atoms with Crippen LogP contribution in [0.2, 0.25) is 0 Å². The van der Waals surface area contributed by atoms with Gasteiger partial charge in [0.1, 0.15) is 10.6 Å². The van der Waals surface area contributed by atoms with Crippen LogP contribution in [0.4, 0.5) is 4.39 Å². The Labute approximate surface area is 183 Å². The number of ether oxygens (including phenoxy) is 2. The van der Waals surface area contributed by atoms with Crippen molar-refractivity contribution in [2.75, 3.05) is 20.8 Å². The summed E-state index contributed by atoms with van der Waals surface area (Å²) in [6, 6.07) is 13.7. The van der Waals surface area contributed by atoms with Crippen LogP contribution >= 0.6 is 11.3 Å². The molecule has 0 saturated heterocycles. The lowest BCUT2D eigenvalue weighted by atomic mass is 10.1. The standard InChI is InChI=1S/C23H22FN3O3S/c1-14-18-13-21(31-23(18)27(26-14)17-7-5-16(24)6-8-17)22(28)25-11-10-15-4-9-19(29-2)20(12-15)30-3/h4-9,12-13H,10-11H2,1-3H3,(H,25,28). The molecule has 0 aliphatic rings. The zero-order valence-electron chi connectivity index (χ0n) is 17.4. The molecule has 0 spiro atoms. The number of thiophene rings is 1. The molecule has 0 saturated carbocycles. The highest BCUT2D eigenvalue weighted by atomic mass is 32.1. The van der Waals surface area contributed by atoms with E-state index < -0.39 is 0 Å². The molecule has 0 atom stereocenters. The van der Waals surface area contributed by atoms with Crippen molar-refractivity contribution in [2.24, 2.45) is 0 Å². The van der Waals surface area contributed by atoms with Gasteiger partial charge in [-0.25, -0.2) is 9.07 Å². The van der Waals surface area contributed by atoms with E-state index >= 15 is 0 Å². The van der Waals surface area contributed by atoms with Gasteiger partial charge in [-0.15, -0.1) is 11.3 Å². The molecule has 0 radical (unpaired) electrons. The van der Waals surface area contributed by atoms with E-state index in [1.165, 1.54) is 23.5 Å². The first-order valence-corrected chi connectivity index (χ1v) is 10.6. The molecule has 160 valence electrons. The van der Waals surface area contributed by atoms with Crippen molar-refractivity contribution in [1.82, 2.24) is 15.1 Å². The quantitative estimate of drug-likeness (QED) is 0.460. The largest absolute Gasteiger partial charge is 0.493 e. The number of hydrogen-bond acceptors (Lipinski definition) is 5. The van der Waals surface area contributed by atoms with Crippen molar-refractivity contribution in [1.29, 1.82) is 0 Å². The summed E-state index contributed by atoms with van der Waals surface area (Å²) < 4.78 is 25.6. The van der Waals surface area contributed by atoms with Crippen LogP contribution in [-0.4, -0.2) is 36.5 Å². The number of halogens is 1. The molecule has 1 N–H and O–H groups in total. The summed E-state index contributed by atoms with van der Waals surface area (Å²) in [5.41, 5.74) is 2.61. The highest BCUT2D eigenvalue weighted by molar-refractivity contribution is 7.20. The smallest absolute Gasteiger partial charge is 0.261 e. The van der Waals surface area contributed by atoms with E-state index in [-0.39, 0.29) is 11.7 Å². The van der Waals surface area contributed by atoms with Gasteiger partial charge in [0, 0.05) is 11.9 Å². The number of benzene rings is 2. The van der Waals surface area contributed by atoms with Gasteiger partial charge in [0.2, 0.25) is 0 Å². The minimum Gasteiger partial charge on any atom is -0.493 e. The molecule has 8 heteroatoms. The molecule has 1 amide bonds. The lowest BCUT2D eigenvalue weighted by molar-refractivity contribution is 0.0958. The van der Waals surface area contributed by atoms with Gasteiger partial charge >= 0.3 is 0 Å². The Hall–Kier alpha value is -3.39. The van der Waals surface area contributed by atoms with Crippen LogP contribution in [0.5, 0.6) is 11.5 Å². The Morgan fingerprint density at radius 2 is 1.84 bits per heavy atom. The van der Waals surface area contributed by atoms with Gasteiger partial charge in [0.25, 0.3) is 5.91 Å². The van der Waals surface area contributed by atoms with E-state index in [2.05, 4.69) is 10.4 Å². The van der Waals surface area contributed by atoms with Crippen LogP contribution in [0.3, 0.4) is 0 Å². The van der Waals surface area contributed by atoms with Gasteiger partial charge in [-0.2, -0.15) is 5.10 Å². The molecule has 4 aromatic rings. The van der Waals surface area contributed by atoms with Gasteiger partial charge in [-0.1, -0.05) is 6.07 Å². The van der Waals surface area contributed by atoms with E-state index in [4.69, 9.17) is 9.47 Å². The second kappa shape index (κ2) is 8.77. The molecular weight excluding hydrogens is 417 g/mol. The topological polar surface area (TPSA) is 65.4 Å². The highest BCUT2D eigenvalue weighted by Gasteiger charge is 2.17. The van der Waals surface area contributed by atoms with Crippen LogP contribution in [-0.2, 0) is 6.42 Å². The molecule has 2 aromatic heterocycles. The molecular formula is C23H22FN3O3S. The Morgan fingerprint density at radius 1 is 1.10 bits per heavy atom. The molecule has 6 nitrogen and oxygen atoms in total. The summed E-state index contributed by atoms with van der Waals surface area (Å²) >= 11 is 1.37. The molecule has 0 aliphatic heterocycles. The Bertz CT molecular complexity index is 1230. The molecule has 0 bridgehead atoms. The number of carbonyl (C=O) groups is 1. The third kappa shape index (κ3) is 4.25. The zero-order chi connectivity index (χ0) is 22.0. The number of fused-ring (bicyclic) bond motifs is 1. The fourth-order valence-corrected chi connectivity index (χ4v) is 4.46. The summed E-state index contributed by atoms with van der Waals surface area (Å²) in [6.45, 7) is 2.39. The van der Waals surface area contributed by atoms with Crippen molar-refractivity contribution < 1.29 is 18.7 Å². The van der Waals surface area contributed by atoms with E-state index in [1.54, 1.807) is 31.0 Å². The molecule has 4 rings (SSSR count). The normalized spacial score (nSPS) is 11.0. The Morgan fingerprint density at radius 3 is 2.55 bits per heavy atom. The van der Waals surface area contributed by atoms with E-state index in [0.29, 0.717) is 29.3 Å². The van der Waals surface area contributed by atoms with Gasteiger partial charge in [0.05, 0.1) is 30.5 Å². The Kier molecular flexibility index (Phi) is 5.90. The molecule has 2 heterocycles. The maximum atomic E-state index is 13.3. The number of rotatable bonds is 7. The second-order valence-corrected chi connectivity index (χ2v) is 8.03. The minimum atomic E-state index is -0.301. The number of methoxy groups -OCH3 is 2. The second-order valence-electron chi connectivity index (χ2n) is 7.00. The number of aromatic nitrogens is 2. The summed E-state index contributed by atoms with van der Waals surface area (Å²) in [7, 11) is 3.19. The molecule has 0 aliphatic carbocycles. The SMILES string of the molecule is COc1ccc(CCNC(=O)c2cc3c(C)nn(-c4ccc(F)cc4)c3s2)cc1OC. The summed E-state index contributed by atoms with van der Waals surface area (Å²) in [5, 5.41) is 8.42. The van der Waals surface area contributed by atoms with Crippen LogP contribution in [0, 0.1) is 12.7 Å². The summed E-state index contributed by atoms with van der Waals surface area (Å²) in [4.78, 5) is 14.2. The van der Waals surface area contributed by atoms with Crippen molar-refractivity contribution in [3.63, 3.8) is 0 Å². The maximum Gasteiger partial charge on any atom is 0.261 e. The van der Waals surface area contributed by atoms with Crippen molar-refractivity contribution >= 4 is 27.5 Å². The maximum absolute atomic E-state index is 13.3. The van der Waals surface area contributed by atoms with Gasteiger partial charge in [0.15, 0.2) is 11.5 Å². The third-order valence-corrected chi connectivity index (χ3v) is 6.10. The van der Waals surface area contributed by atoms with Gasteiger partial charge in [-0.05, 0) is 61.4 Å². The fraction of sp³-hybridized carbons (Fsp3) is 0.217. The van der Waals surface area contributed by atoms with Gasteiger partial charge < -0.3 is 14.8 Å². The number of amides is 1. The lowest BCUT2D eigenvalue weighted by Crippen LogP contribution is -2.24. The first-order chi connectivity index (χ1) is 15.0. The summed E-state index contributed by atoms with van der Waals surface area (Å²) in [5.74, 6) is 0.902. The third-order valence-electron chi connectivity index (χ3n) is 4.99. The Balaban J connectivity index is 1.47. The number of nitrogens with one attached hydrogen (secondary N) is 1. The van der Waals surface area contributed by atoms with Crippen LogP contribution in [0.1, 0.15) is 20.9 Å². The molecule has 2 aromatic carbocycles. The predicted molar refractivity (Wildman–Crippen MR) is 119 cm³/mol. The lowest BCUT2D eigenvalue weighted by Gasteiger charge is -2.10. The monoisotopic (exact) mass is 439 g/mol. The molecule has 0 fully saturated rings. The highest BCUT2D eigenvalue weighted by Crippen LogP contribution is 2.31. The average Bonchev–Trinajstić information content (AvgIpc) is 3.35. The van der Waals surface area contributed by atoms with Crippen molar-refractivity contribution in [2.45, 2.75) is 13.3 Å². The van der Waals surface area contributed by atoms with E-state index in [9.17, 15) is 9.18 Å². The molecule has 0 unspecified atom stereocenters. The summed E-state index contributed by atoms with van der Waals surface area (Å²) in [6.07, 6.45) is 0.666. The van der Waals surface area contributed by atoms with Crippen molar-refractivity contribution in [3.8, 4) is 17.2 Å². The molecule has 31 heavy (non-hydrogen) atoms. The minimum absolute atomic E-state index is 0.133.